The summed E-state index contributed by atoms with van der Waals surface area (Å²) in [6.45, 7) is 3.29. The molecule has 1 saturated heterocycles. The summed E-state index contributed by atoms with van der Waals surface area (Å²) in [6, 6.07) is -0.326. The Morgan fingerprint density at radius 2 is 2.00 bits per heavy atom. The summed E-state index contributed by atoms with van der Waals surface area (Å²) < 4.78 is 5.22. The van der Waals surface area contributed by atoms with Crippen LogP contribution in [0.2, 0.25) is 0 Å². The molecule has 2 fully saturated rings. The molecule has 2 rings (SSSR count). The SMILES string of the molecule is CC1CCCCC1NC(=O)NC(=O)CN1CCOC(C(N)=O)C1. The van der Waals surface area contributed by atoms with Crippen molar-refractivity contribution < 1.29 is 19.1 Å². The molecule has 8 nitrogen and oxygen atoms in total. The van der Waals surface area contributed by atoms with Crippen LogP contribution in [-0.4, -0.2) is 61.1 Å². The summed E-state index contributed by atoms with van der Waals surface area (Å²) in [7, 11) is 0. The molecular weight excluding hydrogens is 300 g/mol. The van der Waals surface area contributed by atoms with E-state index >= 15 is 0 Å². The zero-order valence-corrected chi connectivity index (χ0v) is 13.5. The molecule has 23 heavy (non-hydrogen) atoms. The van der Waals surface area contributed by atoms with Gasteiger partial charge in [0.05, 0.1) is 13.2 Å². The average molecular weight is 326 g/mol. The van der Waals surface area contributed by atoms with Gasteiger partial charge in [-0.05, 0) is 18.8 Å². The van der Waals surface area contributed by atoms with E-state index in [2.05, 4.69) is 17.6 Å². The Hall–Kier alpha value is -1.67. The number of hydrogen-bond acceptors (Lipinski definition) is 5. The first-order chi connectivity index (χ1) is 11.0. The molecule has 1 aliphatic heterocycles. The van der Waals surface area contributed by atoms with E-state index in [0.717, 1.165) is 19.3 Å². The van der Waals surface area contributed by atoms with Crippen molar-refractivity contribution in [3.63, 3.8) is 0 Å². The van der Waals surface area contributed by atoms with Crippen molar-refractivity contribution in [2.45, 2.75) is 44.8 Å². The van der Waals surface area contributed by atoms with Gasteiger partial charge in [0.1, 0.15) is 6.10 Å². The molecular formula is C15H26N4O4. The van der Waals surface area contributed by atoms with Crippen LogP contribution in [0.25, 0.3) is 0 Å². The van der Waals surface area contributed by atoms with Crippen LogP contribution in [0.3, 0.4) is 0 Å². The van der Waals surface area contributed by atoms with E-state index in [1.54, 1.807) is 4.90 Å². The molecule has 0 aromatic rings. The number of carbonyl (C=O) groups excluding carboxylic acids is 3. The van der Waals surface area contributed by atoms with Gasteiger partial charge >= 0.3 is 6.03 Å². The molecule has 1 heterocycles. The van der Waals surface area contributed by atoms with Crippen LogP contribution in [0.15, 0.2) is 0 Å². The second kappa shape index (κ2) is 8.26. The van der Waals surface area contributed by atoms with E-state index < -0.39 is 23.9 Å². The zero-order chi connectivity index (χ0) is 16.8. The molecule has 3 unspecified atom stereocenters. The van der Waals surface area contributed by atoms with Crippen LogP contribution in [0.4, 0.5) is 4.79 Å². The van der Waals surface area contributed by atoms with E-state index in [0.29, 0.717) is 19.1 Å². The number of primary amides is 1. The van der Waals surface area contributed by atoms with Crippen molar-refractivity contribution in [1.29, 1.82) is 0 Å². The molecule has 0 aromatic carbocycles. The fraction of sp³-hybridized carbons (Fsp3) is 0.800. The number of ether oxygens (including phenoxy) is 1. The Morgan fingerprint density at radius 1 is 1.26 bits per heavy atom. The molecule has 0 bridgehead atoms. The number of nitrogens with two attached hydrogens (primary N) is 1. The lowest BCUT2D eigenvalue weighted by Gasteiger charge is -2.31. The topological polar surface area (TPSA) is 114 Å². The highest BCUT2D eigenvalue weighted by Crippen LogP contribution is 2.23. The Kier molecular flexibility index (Phi) is 6.35. The van der Waals surface area contributed by atoms with Crippen molar-refractivity contribution in [2.75, 3.05) is 26.2 Å². The number of hydrogen-bond donors (Lipinski definition) is 3. The van der Waals surface area contributed by atoms with Gasteiger partial charge in [0, 0.05) is 19.1 Å². The minimum atomic E-state index is -0.700. The molecule has 0 radical (unpaired) electrons. The third-order valence-electron chi connectivity index (χ3n) is 4.52. The number of amides is 4. The van der Waals surface area contributed by atoms with E-state index in [9.17, 15) is 14.4 Å². The van der Waals surface area contributed by atoms with Crippen LogP contribution < -0.4 is 16.4 Å². The molecule has 3 atom stereocenters. The summed E-state index contributed by atoms with van der Waals surface area (Å²) in [6.07, 6.45) is 3.64. The predicted octanol–water partition coefficient (Wildman–Crippen LogP) is -0.423. The van der Waals surface area contributed by atoms with Gasteiger partial charge in [-0.15, -0.1) is 0 Å². The maximum absolute atomic E-state index is 12.0. The smallest absolute Gasteiger partial charge is 0.321 e. The van der Waals surface area contributed by atoms with Crippen LogP contribution in [0, 0.1) is 5.92 Å². The Balaban J connectivity index is 1.73. The monoisotopic (exact) mass is 326 g/mol. The Bertz CT molecular complexity index is 457. The molecule has 4 N–H and O–H groups in total. The van der Waals surface area contributed by atoms with Gasteiger partial charge in [-0.1, -0.05) is 19.8 Å². The molecule has 1 aliphatic carbocycles. The van der Waals surface area contributed by atoms with E-state index in [1.165, 1.54) is 6.42 Å². The molecule has 8 heteroatoms. The number of carbonyl (C=O) groups is 3. The molecule has 4 amide bonds. The summed E-state index contributed by atoms with van der Waals surface area (Å²) >= 11 is 0. The molecule has 130 valence electrons. The van der Waals surface area contributed by atoms with Crippen molar-refractivity contribution in [1.82, 2.24) is 15.5 Å². The second-order valence-corrected chi connectivity index (χ2v) is 6.39. The third kappa shape index (κ3) is 5.47. The van der Waals surface area contributed by atoms with Gasteiger partial charge in [-0.25, -0.2) is 4.79 Å². The van der Waals surface area contributed by atoms with E-state index in [4.69, 9.17) is 10.5 Å². The van der Waals surface area contributed by atoms with Crippen LogP contribution in [0.5, 0.6) is 0 Å². The zero-order valence-electron chi connectivity index (χ0n) is 13.5. The fourth-order valence-electron chi connectivity index (χ4n) is 3.12. The number of nitrogens with zero attached hydrogens (tertiary/aromatic N) is 1. The second-order valence-electron chi connectivity index (χ2n) is 6.39. The molecule has 0 spiro atoms. The van der Waals surface area contributed by atoms with Gasteiger partial charge < -0.3 is 15.8 Å². The standard InChI is InChI=1S/C15H26N4O4/c1-10-4-2-3-5-11(10)17-15(22)18-13(20)9-19-6-7-23-12(8-19)14(16)21/h10-12H,2-9H2,1H3,(H2,16,21)(H2,17,18,20,22). The maximum Gasteiger partial charge on any atom is 0.321 e. The highest BCUT2D eigenvalue weighted by Gasteiger charge is 2.27. The number of rotatable bonds is 4. The highest BCUT2D eigenvalue weighted by molar-refractivity contribution is 5.95. The van der Waals surface area contributed by atoms with E-state index in [1.807, 2.05) is 0 Å². The first kappa shape index (κ1) is 17.7. The highest BCUT2D eigenvalue weighted by atomic mass is 16.5. The van der Waals surface area contributed by atoms with Crippen LogP contribution in [-0.2, 0) is 14.3 Å². The molecule has 0 aromatic heterocycles. The number of nitrogens with one attached hydrogen (secondary N) is 2. The van der Waals surface area contributed by atoms with Crippen molar-refractivity contribution in [3.8, 4) is 0 Å². The van der Waals surface area contributed by atoms with Crippen molar-refractivity contribution >= 4 is 17.8 Å². The average Bonchev–Trinajstić information content (AvgIpc) is 2.49. The first-order valence-corrected chi connectivity index (χ1v) is 8.19. The van der Waals surface area contributed by atoms with Crippen molar-refractivity contribution in [3.05, 3.63) is 0 Å². The normalized spacial score (nSPS) is 28.8. The number of imide groups is 1. The quantitative estimate of drug-likeness (QED) is 0.649. The lowest BCUT2D eigenvalue weighted by Crippen LogP contribution is -2.53. The van der Waals surface area contributed by atoms with Crippen LogP contribution in [0.1, 0.15) is 32.6 Å². The third-order valence-corrected chi connectivity index (χ3v) is 4.52. The number of urea groups is 1. The van der Waals surface area contributed by atoms with Gasteiger partial charge in [0.2, 0.25) is 11.8 Å². The summed E-state index contributed by atoms with van der Waals surface area (Å²) in [5, 5.41) is 5.23. The lowest BCUT2D eigenvalue weighted by molar-refractivity contribution is -0.137. The van der Waals surface area contributed by atoms with Gasteiger partial charge in [-0.2, -0.15) is 0 Å². The van der Waals surface area contributed by atoms with Gasteiger partial charge in [0.15, 0.2) is 0 Å². The largest absolute Gasteiger partial charge is 0.367 e. The summed E-state index contributed by atoms with van der Waals surface area (Å²) in [5.74, 6) is -0.504. The Labute approximate surface area is 136 Å². The lowest BCUT2D eigenvalue weighted by atomic mass is 9.86. The molecule has 2 aliphatic rings. The number of morpholine rings is 1. The fourth-order valence-corrected chi connectivity index (χ4v) is 3.12. The predicted molar refractivity (Wildman–Crippen MR) is 83.5 cm³/mol. The minimum Gasteiger partial charge on any atom is -0.367 e. The van der Waals surface area contributed by atoms with Gasteiger partial charge in [0.25, 0.3) is 0 Å². The first-order valence-electron chi connectivity index (χ1n) is 8.19. The van der Waals surface area contributed by atoms with E-state index in [-0.39, 0.29) is 19.1 Å². The summed E-state index contributed by atoms with van der Waals surface area (Å²) in [4.78, 5) is 36.7. The van der Waals surface area contributed by atoms with Gasteiger partial charge in [-0.3, -0.25) is 19.8 Å². The minimum absolute atomic E-state index is 0.0424. The maximum atomic E-state index is 12.0. The van der Waals surface area contributed by atoms with Crippen LogP contribution >= 0.6 is 0 Å². The molecule has 1 saturated carbocycles. The van der Waals surface area contributed by atoms with Crippen molar-refractivity contribution in [2.24, 2.45) is 11.7 Å². The summed E-state index contributed by atoms with van der Waals surface area (Å²) in [5.41, 5.74) is 5.20. The Morgan fingerprint density at radius 3 is 2.70 bits per heavy atom.